The second-order valence-electron chi connectivity index (χ2n) is 7.39. The van der Waals surface area contributed by atoms with E-state index >= 15 is 0 Å². The Morgan fingerprint density at radius 3 is 2.61 bits per heavy atom. The van der Waals surface area contributed by atoms with E-state index in [1.165, 1.54) is 30.9 Å². The Morgan fingerprint density at radius 2 is 2.04 bits per heavy atom. The molecule has 1 fully saturated rings. The fraction of sp³-hybridized carbons (Fsp3) is 0.526. The Balaban J connectivity index is 2.41. The number of aryl methyl sites for hydroxylation is 1. The molecule has 3 rings (SSSR count). The first-order chi connectivity index (χ1) is 13.1. The van der Waals surface area contributed by atoms with Crippen molar-refractivity contribution in [1.29, 1.82) is 0 Å². The van der Waals surface area contributed by atoms with Crippen LogP contribution in [0.4, 0.5) is 0 Å². The molecule has 28 heavy (non-hydrogen) atoms. The first-order valence-electron chi connectivity index (χ1n) is 9.02. The summed E-state index contributed by atoms with van der Waals surface area (Å²) in [5, 5.41) is 0.638. The average Bonchev–Trinajstić information content (AvgIpc) is 2.94. The van der Waals surface area contributed by atoms with Crippen LogP contribution in [0.15, 0.2) is 16.1 Å². The molecule has 0 N–H and O–H groups in total. The predicted octanol–water partition coefficient (Wildman–Crippen LogP) is 2.09. The minimum absolute atomic E-state index is 0.0681. The quantitative estimate of drug-likeness (QED) is 0.435. The largest absolute Gasteiger partial charge is 0.457 e. The summed E-state index contributed by atoms with van der Waals surface area (Å²) in [7, 11) is -1.44. The van der Waals surface area contributed by atoms with E-state index in [0.29, 0.717) is 29.4 Å². The van der Waals surface area contributed by atoms with Gasteiger partial charge in [-0.2, -0.15) is 0 Å². The van der Waals surface area contributed by atoms with Gasteiger partial charge in [0.2, 0.25) is 5.16 Å². The van der Waals surface area contributed by atoms with Gasteiger partial charge in [0, 0.05) is 24.8 Å². The normalized spacial score (nSPS) is 23.0. The number of Topliss-reactive ketones (excluding diaryl/α,β-unsaturated/α-hetero) is 1. The lowest BCUT2D eigenvalue weighted by molar-refractivity contribution is -0.158. The van der Waals surface area contributed by atoms with E-state index in [1.54, 1.807) is 13.8 Å². The Labute approximate surface area is 164 Å². The number of nitrogens with zero attached hydrogens (tertiary/aromatic N) is 3. The molecule has 2 heterocycles. The summed E-state index contributed by atoms with van der Waals surface area (Å²) >= 11 is 0. The molecule has 0 spiro atoms. The molecule has 150 valence electrons. The minimum atomic E-state index is -1.44. The number of pyridine rings is 1. The smallest absolute Gasteiger partial charge is 0.303 e. The summed E-state index contributed by atoms with van der Waals surface area (Å²) < 4.78 is 18.9. The van der Waals surface area contributed by atoms with Gasteiger partial charge in [-0.1, -0.05) is 0 Å². The molecule has 3 unspecified atom stereocenters. The first kappa shape index (κ1) is 20.3. The number of ketones is 1. The van der Waals surface area contributed by atoms with E-state index in [-0.39, 0.29) is 16.5 Å². The van der Waals surface area contributed by atoms with Crippen molar-refractivity contribution in [2.24, 2.45) is 0 Å². The third kappa shape index (κ3) is 3.28. The van der Waals surface area contributed by atoms with Gasteiger partial charge in [0.25, 0.3) is 5.56 Å². The van der Waals surface area contributed by atoms with Gasteiger partial charge in [-0.25, -0.2) is 9.97 Å². The molecule has 2 aromatic heterocycles. The molecule has 0 bridgehead atoms. The van der Waals surface area contributed by atoms with Crippen LogP contribution in [-0.4, -0.2) is 42.4 Å². The molecule has 0 amide bonds. The predicted molar refractivity (Wildman–Crippen MR) is 104 cm³/mol. The zero-order valence-electron chi connectivity index (χ0n) is 16.6. The molecule has 0 radical (unpaired) electrons. The number of fused-ring (bicyclic) bond motifs is 1. The molecule has 0 saturated heterocycles. The SMILES string of the molecule is CC(=O)OC1(C)CCCC1n1c(=O)c(C(C)=O)c(C)c2cnc(S(C)=O)nc21. The van der Waals surface area contributed by atoms with Crippen molar-refractivity contribution in [1.82, 2.24) is 14.5 Å². The van der Waals surface area contributed by atoms with Crippen molar-refractivity contribution in [3.63, 3.8) is 0 Å². The fourth-order valence-corrected chi connectivity index (χ4v) is 4.54. The highest BCUT2D eigenvalue weighted by Gasteiger charge is 2.44. The van der Waals surface area contributed by atoms with Crippen LogP contribution in [0.2, 0.25) is 0 Å². The maximum Gasteiger partial charge on any atom is 0.303 e. The number of ether oxygens (including phenoxy) is 1. The van der Waals surface area contributed by atoms with Crippen LogP contribution in [0, 0.1) is 6.92 Å². The van der Waals surface area contributed by atoms with Gasteiger partial charge < -0.3 is 4.74 Å². The van der Waals surface area contributed by atoms with Crippen molar-refractivity contribution >= 4 is 33.6 Å². The van der Waals surface area contributed by atoms with Crippen LogP contribution < -0.4 is 5.56 Å². The van der Waals surface area contributed by atoms with E-state index in [9.17, 15) is 18.6 Å². The summed E-state index contributed by atoms with van der Waals surface area (Å²) in [5.74, 6) is -0.788. The van der Waals surface area contributed by atoms with Crippen molar-refractivity contribution in [3.05, 3.63) is 27.7 Å². The van der Waals surface area contributed by atoms with Crippen LogP contribution in [-0.2, 0) is 20.3 Å². The zero-order chi connectivity index (χ0) is 20.8. The molecule has 0 aliphatic heterocycles. The summed E-state index contributed by atoms with van der Waals surface area (Å²) in [4.78, 5) is 45.8. The lowest BCUT2D eigenvalue weighted by atomic mass is 9.97. The number of rotatable bonds is 4. The molecule has 1 saturated carbocycles. The topological polar surface area (TPSA) is 108 Å². The van der Waals surface area contributed by atoms with E-state index < -0.39 is 34.0 Å². The highest BCUT2D eigenvalue weighted by atomic mass is 32.2. The first-order valence-corrected chi connectivity index (χ1v) is 10.6. The molecule has 1 aliphatic rings. The molecule has 8 nitrogen and oxygen atoms in total. The fourth-order valence-electron chi connectivity index (χ4n) is 4.13. The summed E-state index contributed by atoms with van der Waals surface area (Å²) in [6.45, 7) is 6.14. The highest BCUT2D eigenvalue weighted by molar-refractivity contribution is 7.84. The van der Waals surface area contributed by atoms with Crippen molar-refractivity contribution in [2.45, 2.75) is 63.8 Å². The van der Waals surface area contributed by atoms with Crippen molar-refractivity contribution in [3.8, 4) is 0 Å². The average molecular weight is 405 g/mol. The Morgan fingerprint density at radius 1 is 1.36 bits per heavy atom. The van der Waals surface area contributed by atoms with Crippen molar-refractivity contribution in [2.75, 3.05) is 6.26 Å². The number of carbonyl (C=O) groups is 2. The standard InChI is InChI=1S/C19H23N3O5S/c1-10-13-9-20-18(28(5)26)21-16(13)22(17(25)15(10)11(2)23)14-7-6-8-19(14,4)27-12(3)24/h9,14H,6-8H2,1-5H3. The molecule has 9 heteroatoms. The molecular formula is C19H23N3O5S. The van der Waals surface area contributed by atoms with Gasteiger partial charge in [-0.05, 0) is 45.6 Å². The van der Waals surface area contributed by atoms with Gasteiger partial charge in [-0.15, -0.1) is 0 Å². The van der Waals surface area contributed by atoms with Gasteiger partial charge >= 0.3 is 5.97 Å². The number of aromatic nitrogens is 3. The van der Waals surface area contributed by atoms with Gasteiger partial charge in [0.15, 0.2) is 5.78 Å². The number of hydrogen-bond acceptors (Lipinski definition) is 7. The summed E-state index contributed by atoms with van der Waals surface area (Å²) in [6, 6.07) is -0.488. The van der Waals surface area contributed by atoms with E-state index in [4.69, 9.17) is 4.74 Å². The van der Waals surface area contributed by atoms with Crippen LogP contribution in [0.1, 0.15) is 62.0 Å². The third-order valence-electron chi connectivity index (χ3n) is 5.34. The molecule has 2 aromatic rings. The van der Waals surface area contributed by atoms with Crippen molar-refractivity contribution < 1.29 is 18.5 Å². The molecular weight excluding hydrogens is 382 g/mol. The maximum absolute atomic E-state index is 13.4. The van der Waals surface area contributed by atoms with Crippen LogP contribution >= 0.6 is 0 Å². The van der Waals surface area contributed by atoms with Gasteiger partial charge in [0.05, 0.1) is 22.4 Å². The Kier molecular flexibility index (Phi) is 5.22. The monoisotopic (exact) mass is 405 g/mol. The summed E-state index contributed by atoms with van der Waals surface area (Å²) in [6.07, 6.45) is 4.89. The van der Waals surface area contributed by atoms with Gasteiger partial charge in [-0.3, -0.25) is 23.2 Å². The van der Waals surface area contributed by atoms with E-state index in [2.05, 4.69) is 9.97 Å². The van der Waals surface area contributed by atoms with E-state index in [0.717, 1.165) is 6.42 Å². The third-order valence-corrected chi connectivity index (χ3v) is 6.05. The zero-order valence-corrected chi connectivity index (χ0v) is 17.4. The lowest BCUT2D eigenvalue weighted by Gasteiger charge is -2.33. The lowest BCUT2D eigenvalue weighted by Crippen LogP contribution is -2.42. The maximum atomic E-state index is 13.4. The molecule has 3 atom stereocenters. The van der Waals surface area contributed by atoms with E-state index in [1.807, 2.05) is 0 Å². The highest BCUT2D eigenvalue weighted by Crippen LogP contribution is 2.42. The Hall–Kier alpha value is -2.42. The second-order valence-corrected chi connectivity index (χ2v) is 8.66. The van der Waals surface area contributed by atoms with Crippen LogP contribution in [0.3, 0.4) is 0 Å². The molecule has 1 aliphatic carbocycles. The molecule has 0 aromatic carbocycles. The number of hydrogen-bond donors (Lipinski definition) is 0. The van der Waals surface area contributed by atoms with Crippen LogP contribution in [0.25, 0.3) is 11.0 Å². The number of carbonyl (C=O) groups excluding carboxylic acids is 2. The number of esters is 1. The van der Waals surface area contributed by atoms with Gasteiger partial charge in [0.1, 0.15) is 11.2 Å². The summed E-state index contributed by atoms with van der Waals surface area (Å²) in [5.41, 5.74) is -0.516. The minimum Gasteiger partial charge on any atom is -0.457 e. The van der Waals surface area contributed by atoms with Crippen LogP contribution in [0.5, 0.6) is 0 Å². The second kappa shape index (κ2) is 7.20. The Bertz CT molecular complexity index is 1080.